The lowest BCUT2D eigenvalue weighted by Gasteiger charge is -2.30. The topological polar surface area (TPSA) is 45.0 Å². The molecule has 0 radical (unpaired) electrons. The van der Waals surface area contributed by atoms with Gasteiger partial charge in [-0.1, -0.05) is 72.4 Å². The highest BCUT2D eigenvalue weighted by Crippen LogP contribution is 2.45. The number of hydrazone groups is 1. The molecule has 5 rings (SSSR count). The molecule has 0 aromatic heterocycles. The van der Waals surface area contributed by atoms with Crippen LogP contribution in [0.15, 0.2) is 76.3 Å². The summed E-state index contributed by atoms with van der Waals surface area (Å²) in [6.07, 6.45) is 5.56. The normalized spacial score (nSPS) is 25.6. The molecule has 1 amide bonds. The van der Waals surface area contributed by atoms with Crippen molar-refractivity contribution in [3.63, 3.8) is 0 Å². The molecule has 2 aromatic carbocycles. The summed E-state index contributed by atoms with van der Waals surface area (Å²) < 4.78 is 0. The van der Waals surface area contributed by atoms with E-state index in [0.29, 0.717) is 11.7 Å². The average Bonchev–Trinajstić information content (AvgIpc) is 3.33. The molecule has 1 saturated carbocycles. The highest BCUT2D eigenvalue weighted by molar-refractivity contribution is 8.14. The van der Waals surface area contributed by atoms with E-state index in [2.05, 4.69) is 59.6 Å². The van der Waals surface area contributed by atoms with Crippen LogP contribution in [0.5, 0.6) is 0 Å². The van der Waals surface area contributed by atoms with Gasteiger partial charge in [0.25, 0.3) is 5.91 Å². The maximum Gasteiger partial charge on any atom is 0.258 e. The molecule has 0 unspecified atom stereocenters. The molecular weight excluding hydrogens is 366 g/mol. The third-order valence-corrected chi connectivity index (χ3v) is 6.45. The Labute approximate surface area is 169 Å². The molecule has 2 aromatic rings. The van der Waals surface area contributed by atoms with Crippen molar-refractivity contribution in [1.29, 1.82) is 0 Å². The van der Waals surface area contributed by atoms with Crippen molar-refractivity contribution < 1.29 is 4.79 Å². The molecule has 0 bridgehead atoms. The summed E-state index contributed by atoms with van der Waals surface area (Å²) in [5, 5.41) is 7.78. The number of allylic oxidation sites excluding steroid dienone is 1. The van der Waals surface area contributed by atoms with Gasteiger partial charge in [-0.15, -0.1) is 0 Å². The fourth-order valence-corrected chi connectivity index (χ4v) is 5.08. The van der Waals surface area contributed by atoms with Crippen LogP contribution in [-0.2, 0) is 4.79 Å². The SMILES string of the molecule is O=C1CSC(N2N=C3/C(=C\c4ccccc4)CCC[C@@H]3[C@H]2c2ccccc2)=N1. The standard InChI is InChI=1S/C23H21N3OS/c27-20-15-28-23(24-20)26-22(17-10-5-2-6-11-17)19-13-7-12-18(21(19)25-26)14-16-8-3-1-4-9-16/h1-6,8-11,14,19,22H,7,12-13,15H2/b18-14-/t19-,22+/m0/s1. The summed E-state index contributed by atoms with van der Waals surface area (Å²) in [4.78, 5) is 16.0. The molecule has 140 valence electrons. The van der Waals surface area contributed by atoms with Crippen molar-refractivity contribution >= 4 is 34.6 Å². The minimum atomic E-state index is -0.0677. The molecule has 0 saturated heterocycles. The molecule has 1 aliphatic carbocycles. The number of carbonyl (C=O) groups is 1. The first-order valence-electron chi connectivity index (χ1n) is 9.72. The number of aliphatic imine (C=N–C) groups is 1. The number of amidine groups is 1. The van der Waals surface area contributed by atoms with Crippen molar-refractivity contribution in [3.05, 3.63) is 77.4 Å². The van der Waals surface area contributed by atoms with Gasteiger partial charge in [-0.05, 0) is 42.0 Å². The minimum Gasteiger partial charge on any atom is -0.272 e. The van der Waals surface area contributed by atoms with E-state index >= 15 is 0 Å². The molecule has 4 nitrogen and oxygen atoms in total. The number of thioether (sulfide) groups is 1. The second kappa shape index (κ2) is 7.40. The van der Waals surface area contributed by atoms with Crippen molar-refractivity contribution in [1.82, 2.24) is 5.01 Å². The second-order valence-corrected chi connectivity index (χ2v) is 8.28. The van der Waals surface area contributed by atoms with Gasteiger partial charge in [0.15, 0.2) is 5.17 Å². The van der Waals surface area contributed by atoms with Crippen molar-refractivity contribution in [3.8, 4) is 0 Å². The summed E-state index contributed by atoms with van der Waals surface area (Å²) in [6.45, 7) is 0. The van der Waals surface area contributed by atoms with E-state index in [1.807, 2.05) is 17.1 Å². The van der Waals surface area contributed by atoms with E-state index < -0.39 is 0 Å². The molecule has 3 aliphatic rings. The molecular formula is C23H21N3OS. The first kappa shape index (κ1) is 17.4. The van der Waals surface area contributed by atoms with Crippen molar-refractivity contribution in [2.45, 2.75) is 25.3 Å². The third-order valence-electron chi connectivity index (χ3n) is 5.52. The largest absolute Gasteiger partial charge is 0.272 e. The number of nitrogens with zero attached hydrogens (tertiary/aromatic N) is 3. The van der Waals surface area contributed by atoms with Crippen LogP contribution >= 0.6 is 11.8 Å². The molecule has 2 aliphatic heterocycles. The molecule has 2 atom stereocenters. The van der Waals surface area contributed by atoms with Gasteiger partial charge in [0.1, 0.15) is 0 Å². The van der Waals surface area contributed by atoms with E-state index in [9.17, 15) is 4.79 Å². The number of rotatable bonds is 2. The highest BCUT2D eigenvalue weighted by Gasteiger charge is 2.43. The molecule has 2 heterocycles. The lowest BCUT2D eigenvalue weighted by atomic mass is 9.77. The lowest BCUT2D eigenvalue weighted by Crippen LogP contribution is -2.30. The molecule has 28 heavy (non-hydrogen) atoms. The van der Waals surface area contributed by atoms with Gasteiger partial charge in [-0.25, -0.2) is 5.01 Å². The maximum atomic E-state index is 11.8. The van der Waals surface area contributed by atoms with Crippen LogP contribution in [0.4, 0.5) is 0 Å². The van der Waals surface area contributed by atoms with Gasteiger partial charge in [0.05, 0.1) is 17.5 Å². The van der Waals surface area contributed by atoms with Crippen molar-refractivity contribution in [2.75, 3.05) is 5.75 Å². The Balaban J connectivity index is 1.57. The Hall–Kier alpha value is -2.66. The Morgan fingerprint density at radius 1 is 1.04 bits per heavy atom. The van der Waals surface area contributed by atoms with Gasteiger partial charge in [-0.3, -0.25) is 4.79 Å². The Bertz CT molecular complexity index is 981. The zero-order valence-corrected chi connectivity index (χ0v) is 16.3. The zero-order valence-electron chi connectivity index (χ0n) is 15.5. The van der Waals surface area contributed by atoms with Crippen LogP contribution < -0.4 is 0 Å². The summed E-state index contributed by atoms with van der Waals surface area (Å²) in [7, 11) is 0. The smallest absolute Gasteiger partial charge is 0.258 e. The Morgan fingerprint density at radius 3 is 2.50 bits per heavy atom. The van der Waals surface area contributed by atoms with Gasteiger partial charge in [0, 0.05) is 5.92 Å². The van der Waals surface area contributed by atoms with E-state index in [-0.39, 0.29) is 11.9 Å². The van der Waals surface area contributed by atoms with Crippen LogP contribution in [0, 0.1) is 5.92 Å². The number of amides is 1. The average molecular weight is 388 g/mol. The minimum absolute atomic E-state index is 0.0677. The van der Waals surface area contributed by atoms with E-state index in [4.69, 9.17) is 5.10 Å². The monoisotopic (exact) mass is 387 g/mol. The number of benzene rings is 2. The van der Waals surface area contributed by atoms with E-state index in [1.165, 1.54) is 28.5 Å². The Kier molecular flexibility index (Phi) is 4.61. The van der Waals surface area contributed by atoms with Crippen LogP contribution in [0.2, 0.25) is 0 Å². The van der Waals surface area contributed by atoms with Gasteiger partial charge >= 0.3 is 0 Å². The molecule has 1 fully saturated rings. The molecule has 0 N–H and O–H groups in total. The fourth-order valence-electron chi connectivity index (χ4n) is 4.31. The highest BCUT2D eigenvalue weighted by atomic mass is 32.2. The summed E-state index contributed by atoms with van der Waals surface area (Å²) in [6, 6.07) is 21.1. The van der Waals surface area contributed by atoms with E-state index in [1.54, 1.807) is 0 Å². The van der Waals surface area contributed by atoms with Crippen molar-refractivity contribution in [2.24, 2.45) is 16.0 Å². The number of carbonyl (C=O) groups excluding carboxylic acids is 1. The van der Waals surface area contributed by atoms with E-state index in [0.717, 1.165) is 30.1 Å². The predicted molar refractivity (Wildman–Crippen MR) is 115 cm³/mol. The Morgan fingerprint density at radius 2 is 1.79 bits per heavy atom. The lowest BCUT2D eigenvalue weighted by molar-refractivity contribution is -0.115. The van der Waals surface area contributed by atoms with Gasteiger partial charge < -0.3 is 0 Å². The van der Waals surface area contributed by atoms with Crippen LogP contribution in [0.25, 0.3) is 6.08 Å². The number of fused-ring (bicyclic) bond motifs is 1. The summed E-state index contributed by atoms with van der Waals surface area (Å²) in [5.41, 5.74) is 4.90. The first-order chi connectivity index (χ1) is 13.8. The van der Waals surface area contributed by atoms with Crippen LogP contribution in [0.3, 0.4) is 0 Å². The first-order valence-corrected chi connectivity index (χ1v) is 10.7. The maximum absolute atomic E-state index is 11.8. The fraction of sp³-hybridized carbons (Fsp3) is 0.261. The van der Waals surface area contributed by atoms with Gasteiger partial charge in [0.2, 0.25) is 0 Å². The third kappa shape index (κ3) is 3.20. The number of hydrogen-bond acceptors (Lipinski definition) is 4. The second-order valence-electron chi connectivity index (χ2n) is 7.34. The van der Waals surface area contributed by atoms with Crippen LogP contribution in [-0.4, -0.2) is 27.5 Å². The zero-order chi connectivity index (χ0) is 18.9. The quantitative estimate of drug-likeness (QED) is 0.735. The van der Waals surface area contributed by atoms with Crippen LogP contribution in [0.1, 0.15) is 36.4 Å². The molecule has 0 spiro atoms. The predicted octanol–water partition coefficient (Wildman–Crippen LogP) is 4.91. The van der Waals surface area contributed by atoms with Gasteiger partial charge in [-0.2, -0.15) is 10.1 Å². The summed E-state index contributed by atoms with van der Waals surface area (Å²) in [5.74, 6) is 0.669. The number of hydrogen-bond donors (Lipinski definition) is 0. The summed E-state index contributed by atoms with van der Waals surface area (Å²) >= 11 is 1.50. The molecule has 5 heteroatoms.